The largest absolute Gasteiger partial charge is 0.493 e. The minimum atomic E-state index is -1.09. The molecule has 0 aliphatic rings. The summed E-state index contributed by atoms with van der Waals surface area (Å²) in [4.78, 5) is 29.8. The van der Waals surface area contributed by atoms with Crippen molar-refractivity contribution in [2.24, 2.45) is 0 Å². The average molecular weight is 546 g/mol. The van der Waals surface area contributed by atoms with Crippen LogP contribution < -0.4 is 24.4 Å². The van der Waals surface area contributed by atoms with Gasteiger partial charge in [0, 0.05) is 11.2 Å². The van der Waals surface area contributed by atoms with Crippen molar-refractivity contribution in [1.29, 1.82) is 0 Å². The van der Waals surface area contributed by atoms with Crippen molar-refractivity contribution in [2.75, 3.05) is 26.2 Å². The van der Waals surface area contributed by atoms with Gasteiger partial charge in [-0.2, -0.15) is 0 Å². The third-order valence-corrected chi connectivity index (χ3v) is 6.29. The number of methoxy groups -OCH3 is 3. The smallest absolute Gasteiger partial charge is 0.249 e. The van der Waals surface area contributed by atoms with E-state index in [1.165, 1.54) is 30.9 Å². The van der Waals surface area contributed by atoms with Crippen LogP contribution in [0.2, 0.25) is 0 Å². The Morgan fingerprint density at radius 1 is 0.950 bits per heavy atom. The molecule has 4 aromatic rings. The van der Waals surface area contributed by atoms with Crippen molar-refractivity contribution in [3.8, 4) is 17.2 Å². The van der Waals surface area contributed by atoms with Crippen molar-refractivity contribution in [3.63, 3.8) is 0 Å². The second kappa shape index (κ2) is 11.6. The number of rotatable bonds is 9. The molecular formula is C30H35N5O5. The first kappa shape index (κ1) is 28.4. The normalized spacial score (nSPS) is 12.1. The number of aryl methyl sites for hydroxylation is 1. The fourth-order valence-corrected chi connectivity index (χ4v) is 4.50. The quantitative estimate of drug-likeness (QED) is 0.331. The Balaban J connectivity index is 1.91. The second-order valence-corrected chi connectivity index (χ2v) is 10.4. The van der Waals surface area contributed by atoms with Gasteiger partial charge in [0.05, 0.1) is 26.8 Å². The highest BCUT2D eigenvalue weighted by atomic mass is 16.5. The minimum Gasteiger partial charge on any atom is -0.493 e. The summed E-state index contributed by atoms with van der Waals surface area (Å²) in [5.74, 6) is 0.375. The highest BCUT2D eigenvalue weighted by Gasteiger charge is 2.36. The van der Waals surface area contributed by atoms with Gasteiger partial charge < -0.3 is 19.5 Å². The molecule has 0 saturated heterocycles. The molecule has 4 rings (SSSR count). The summed E-state index contributed by atoms with van der Waals surface area (Å²) < 4.78 is 18.2. The molecule has 0 radical (unpaired) electrons. The van der Waals surface area contributed by atoms with E-state index in [0.717, 1.165) is 5.56 Å². The number of hydrogen-bond acceptors (Lipinski definition) is 7. The van der Waals surface area contributed by atoms with Gasteiger partial charge in [-0.05, 0) is 69.7 Å². The summed E-state index contributed by atoms with van der Waals surface area (Å²) in [6.07, 6.45) is 0. The first-order chi connectivity index (χ1) is 19.1. The SMILES string of the molecule is COc1cc(C(C(=O)NC(C)(C)C)N(C(=O)Cn2nnc3ccccc32)c2ccc(C)cc2)cc(OC)c1OC. The maximum absolute atomic E-state index is 14.2. The van der Waals surface area contributed by atoms with E-state index in [-0.39, 0.29) is 18.4 Å². The number of anilines is 1. The Morgan fingerprint density at radius 3 is 2.15 bits per heavy atom. The molecule has 3 aromatic carbocycles. The minimum absolute atomic E-state index is 0.141. The number of benzene rings is 3. The molecule has 210 valence electrons. The van der Waals surface area contributed by atoms with Gasteiger partial charge >= 0.3 is 0 Å². The zero-order valence-corrected chi connectivity index (χ0v) is 23.9. The molecule has 0 aliphatic carbocycles. The number of fused-ring (bicyclic) bond motifs is 1. The molecule has 1 heterocycles. The third kappa shape index (κ3) is 6.01. The maximum Gasteiger partial charge on any atom is 0.249 e. The fraction of sp³-hybridized carbons (Fsp3) is 0.333. The third-order valence-electron chi connectivity index (χ3n) is 6.29. The number of ether oxygens (including phenoxy) is 3. The van der Waals surface area contributed by atoms with E-state index in [1.807, 2.05) is 76.2 Å². The summed E-state index contributed by atoms with van der Waals surface area (Å²) in [6.45, 7) is 7.47. The van der Waals surface area contributed by atoms with Crippen molar-refractivity contribution < 1.29 is 23.8 Å². The number of aromatic nitrogens is 3. The van der Waals surface area contributed by atoms with E-state index in [4.69, 9.17) is 14.2 Å². The topological polar surface area (TPSA) is 108 Å². The Bertz CT molecular complexity index is 1480. The molecule has 1 N–H and O–H groups in total. The van der Waals surface area contributed by atoms with E-state index >= 15 is 0 Å². The van der Waals surface area contributed by atoms with E-state index in [1.54, 1.807) is 12.1 Å². The zero-order valence-electron chi connectivity index (χ0n) is 23.9. The first-order valence-corrected chi connectivity index (χ1v) is 12.8. The van der Waals surface area contributed by atoms with E-state index in [2.05, 4.69) is 15.6 Å². The van der Waals surface area contributed by atoms with Crippen LogP contribution in [0.5, 0.6) is 17.2 Å². The zero-order chi connectivity index (χ0) is 29.0. The molecule has 0 bridgehead atoms. The van der Waals surface area contributed by atoms with Crippen LogP contribution in [0.1, 0.15) is 37.9 Å². The molecule has 0 spiro atoms. The van der Waals surface area contributed by atoms with E-state index < -0.39 is 11.6 Å². The first-order valence-electron chi connectivity index (χ1n) is 12.8. The molecule has 0 fully saturated rings. The summed E-state index contributed by atoms with van der Waals surface area (Å²) in [7, 11) is 4.52. The Kier molecular flexibility index (Phi) is 8.27. The molecule has 1 aromatic heterocycles. The number of carbonyl (C=O) groups is 2. The van der Waals surface area contributed by atoms with Gasteiger partial charge in [0.2, 0.25) is 17.6 Å². The van der Waals surface area contributed by atoms with E-state index in [9.17, 15) is 9.59 Å². The Hall–Kier alpha value is -4.60. The lowest BCUT2D eigenvalue weighted by Crippen LogP contribution is -2.50. The lowest BCUT2D eigenvalue weighted by molar-refractivity contribution is -0.128. The lowest BCUT2D eigenvalue weighted by atomic mass is 9.99. The Morgan fingerprint density at radius 2 is 1.57 bits per heavy atom. The van der Waals surface area contributed by atoms with Crippen LogP contribution in [-0.2, 0) is 16.1 Å². The van der Waals surface area contributed by atoms with Crippen LogP contribution in [0.3, 0.4) is 0 Å². The number of hydrogen-bond donors (Lipinski definition) is 1. The molecule has 1 atom stereocenters. The molecule has 40 heavy (non-hydrogen) atoms. The Labute approximate surface area is 233 Å². The highest BCUT2D eigenvalue weighted by Crippen LogP contribution is 2.41. The van der Waals surface area contributed by atoms with E-state index in [0.29, 0.717) is 39.5 Å². The molecular weight excluding hydrogens is 510 g/mol. The summed E-state index contributed by atoms with van der Waals surface area (Å²) in [6, 6.07) is 17.1. The van der Waals surface area contributed by atoms with Gasteiger partial charge in [0.1, 0.15) is 18.1 Å². The lowest BCUT2D eigenvalue weighted by Gasteiger charge is -2.34. The van der Waals surface area contributed by atoms with Crippen LogP contribution in [-0.4, -0.2) is 53.7 Å². The fourth-order valence-electron chi connectivity index (χ4n) is 4.50. The molecule has 10 nitrogen and oxygen atoms in total. The van der Waals surface area contributed by atoms with Crippen LogP contribution in [0.4, 0.5) is 5.69 Å². The highest BCUT2D eigenvalue weighted by molar-refractivity contribution is 6.02. The van der Waals surface area contributed by atoms with Crippen LogP contribution in [0.25, 0.3) is 11.0 Å². The van der Waals surface area contributed by atoms with Crippen LogP contribution in [0, 0.1) is 6.92 Å². The predicted octanol–water partition coefficient (Wildman–Crippen LogP) is 4.45. The van der Waals surface area contributed by atoms with Crippen molar-refractivity contribution in [2.45, 2.75) is 45.8 Å². The summed E-state index contributed by atoms with van der Waals surface area (Å²) >= 11 is 0. The standard InChI is InChI=1S/C30H35N5O5/c1-19-12-14-21(15-13-19)35(26(36)18-34-23-11-9-8-10-22(23)32-33-34)27(29(37)31-30(2,3)4)20-16-24(38-5)28(40-7)25(17-20)39-6/h8-17,27H,18H2,1-7H3,(H,31,37). The van der Waals surface area contributed by atoms with Crippen molar-refractivity contribution >= 4 is 28.5 Å². The predicted molar refractivity (Wildman–Crippen MR) is 153 cm³/mol. The number of amides is 2. The average Bonchev–Trinajstić information content (AvgIpc) is 3.32. The summed E-state index contributed by atoms with van der Waals surface area (Å²) in [5, 5.41) is 11.4. The molecule has 10 heteroatoms. The number of para-hydroxylation sites is 1. The van der Waals surface area contributed by atoms with Crippen LogP contribution >= 0.6 is 0 Å². The molecule has 1 unspecified atom stereocenters. The van der Waals surface area contributed by atoms with Gasteiger partial charge in [-0.3, -0.25) is 14.5 Å². The summed E-state index contributed by atoms with van der Waals surface area (Å²) in [5.41, 5.74) is 2.85. The van der Waals surface area contributed by atoms with Gasteiger partial charge in [-0.15, -0.1) is 5.10 Å². The molecule has 2 amide bonds. The van der Waals surface area contributed by atoms with Gasteiger partial charge in [-0.1, -0.05) is 35.0 Å². The van der Waals surface area contributed by atoms with Gasteiger partial charge in [0.15, 0.2) is 11.5 Å². The van der Waals surface area contributed by atoms with Crippen molar-refractivity contribution in [3.05, 3.63) is 71.8 Å². The number of carbonyl (C=O) groups excluding carboxylic acids is 2. The monoisotopic (exact) mass is 545 g/mol. The molecule has 0 aliphatic heterocycles. The maximum atomic E-state index is 14.2. The number of nitrogens with one attached hydrogen (secondary N) is 1. The second-order valence-electron chi connectivity index (χ2n) is 10.4. The van der Waals surface area contributed by atoms with Gasteiger partial charge in [-0.25, -0.2) is 4.68 Å². The molecule has 0 saturated carbocycles. The number of nitrogens with zero attached hydrogens (tertiary/aromatic N) is 4. The van der Waals surface area contributed by atoms with Crippen LogP contribution in [0.15, 0.2) is 60.7 Å². The van der Waals surface area contributed by atoms with Gasteiger partial charge in [0.25, 0.3) is 0 Å². The van der Waals surface area contributed by atoms with Crippen molar-refractivity contribution in [1.82, 2.24) is 20.3 Å².